The molecule has 0 aromatic rings. The summed E-state index contributed by atoms with van der Waals surface area (Å²) in [5.74, 6) is 0. The number of hydrogen-bond acceptors (Lipinski definition) is 2. The third kappa shape index (κ3) is 4.56. The molecule has 2 nitrogen and oxygen atoms in total. The van der Waals surface area contributed by atoms with E-state index >= 15 is 0 Å². The van der Waals surface area contributed by atoms with Gasteiger partial charge in [-0.2, -0.15) is 13.2 Å². The standard InChI is InChI=1S/C7H14F3NO/c1-3-4-5-12-6(11-2)7(8,9)10/h6,11H,3-5H2,1-2H3. The van der Waals surface area contributed by atoms with Crippen LogP contribution in [-0.2, 0) is 4.74 Å². The fourth-order valence-corrected chi connectivity index (χ4v) is 0.687. The second-order valence-electron chi connectivity index (χ2n) is 2.43. The van der Waals surface area contributed by atoms with E-state index in [0.717, 1.165) is 6.42 Å². The average Bonchev–Trinajstić information content (AvgIpc) is 1.95. The first kappa shape index (κ1) is 11.7. The first-order valence-corrected chi connectivity index (χ1v) is 3.88. The van der Waals surface area contributed by atoms with Crippen molar-refractivity contribution < 1.29 is 17.9 Å². The summed E-state index contributed by atoms with van der Waals surface area (Å²) < 4.78 is 40.4. The van der Waals surface area contributed by atoms with Gasteiger partial charge in [-0.05, 0) is 13.5 Å². The van der Waals surface area contributed by atoms with E-state index in [-0.39, 0.29) is 6.61 Å². The number of unbranched alkanes of at least 4 members (excludes halogenated alkanes) is 1. The number of alkyl halides is 3. The molecule has 0 radical (unpaired) electrons. The van der Waals surface area contributed by atoms with Crippen LogP contribution in [0.1, 0.15) is 19.8 Å². The molecular weight excluding hydrogens is 171 g/mol. The van der Waals surface area contributed by atoms with Crippen LogP contribution in [0.3, 0.4) is 0 Å². The summed E-state index contributed by atoms with van der Waals surface area (Å²) in [5.41, 5.74) is 0. The maximum atomic E-state index is 12.0. The van der Waals surface area contributed by atoms with Gasteiger partial charge in [0.25, 0.3) is 0 Å². The van der Waals surface area contributed by atoms with Gasteiger partial charge >= 0.3 is 6.18 Å². The van der Waals surface area contributed by atoms with Crippen LogP contribution >= 0.6 is 0 Å². The lowest BCUT2D eigenvalue weighted by molar-refractivity contribution is -0.228. The Morgan fingerprint density at radius 1 is 1.42 bits per heavy atom. The Morgan fingerprint density at radius 3 is 2.33 bits per heavy atom. The monoisotopic (exact) mass is 185 g/mol. The minimum absolute atomic E-state index is 0.140. The second-order valence-corrected chi connectivity index (χ2v) is 2.43. The summed E-state index contributed by atoms with van der Waals surface area (Å²) in [6, 6.07) is 0. The van der Waals surface area contributed by atoms with Crippen molar-refractivity contribution in [1.29, 1.82) is 0 Å². The molecule has 0 aromatic carbocycles. The van der Waals surface area contributed by atoms with Crippen molar-refractivity contribution in [2.45, 2.75) is 32.2 Å². The average molecular weight is 185 g/mol. The molecule has 0 amide bonds. The van der Waals surface area contributed by atoms with Crippen LogP contribution in [0.15, 0.2) is 0 Å². The topological polar surface area (TPSA) is 21.3 Å². The number of ether oxygens (including phenoxy) is 1. The normalized spacial score (nSPS) is 14.8. The summed E-state index contributed by atoms with van der Waals surface area (Å²) in [6.45, 7) is 2.03. The van der Waals surface area contributed by atoms with Gasteiger partial charge in [0.05, 0.1) is 0 Å². The second kappa shape index (κ2) is 5.37. The summed E-state index contributed by atoms with van der Waals surface area (Å²) >= 11 is 0. The van der Waals surface area contributed by atoms with Crippen LogP contribution in [0.2, 0.25) is 0 Å². The first-order chi connectivity index (χ1) is 5.52. The number of nitrogens with one attached hydrogen (secondary N) is 1. The predicted octanol–water partition coefficient (Wildman–Crippen LogP) is 1.91. The van der Waals surface area contributed by atoms with Crippen molar-refractivity contribution in [3.8, 4) is 0 Å². The molecule has 0 aliphatic rings. The van der Waals surface area contributed by atoms with Crippen molar-refractivity contribution in [3.63, 3.8) is 0 Å². The van der Waals surface area contributed by atoms with E-state index in [1.54, 1.807) is 0 Å². The summed E-state index contributed by atoms with van der Waals surface area (Å²) in [6.07, 6.45) is -4.67. The molecule has 0 bridgehead atoms. The lowest BCUT2D eigenvalue weighted by atomic mass is 10.4. The van der Waals surface area contributed by atoms with Crippen LogP contribution in [0.25, 0.3) is 0 Å². The molecule has 0 spiro atoms. The van der Waals surface area contributed by atoms with E-state index < -0.39 is 12.4 Å². The highest BCUT2D eigenvalue weighted by atomic mass is 19.4. The highest BCUT2D eigenvalue weighted by molar-refractivity contribution is 4.61. The van der Waals surface area contributed by atoms with Crippen LogP contribution in [0, 0.1) is 0 Å². The quantitative estimate of drug-likeness (QED) is 0.521. The molecule has 0 aliphatic heterocycles. The number of hydrogen-bond donors (Lipinski definition) is 1. The van der Waals surface area contributed by atoms with Crippen LogP contribution < -0.4 is 5.32 Å². The van der Waals surface area contributed by atoms with Gasteiger partial charge < -0.3 is 4.74 Å². The molecule has 0 fully saturated rings. The van der Waals surface area contributed by atoms with Crippen LogP contribution in [-0.4, -0.2) is 26.1 Å². The molecule has 0 rings (SSSR count). The molecule has 0 heterocycles. The molecule has 12 heavy (non-hydrogen) atoms. The SMILES string of the molecule is CCCCOC(NC)C(F)(F)F. The van der Waals surface area contributed by atoms with E-state index in [1.807, 2.05) is 6.92 Å². The van der Waals surface area contributed by atoms with Crippen molar-refractivity contribution >= 4 is 0 Å². The fourth-order valence-electron chi connectivity index (χ4n) is 0.687. The Hall–Kier alpha value is -0.290. The number of rotatable bonds is 5. The molecule has 0 aromatic heterocycles. The van der Waals surface area contributed by atoms with Gasteiger partial charge in [0.2, 0.25) is 6.23 Å². The zero-order valence-corrected chi connectivity index (χ0v) is 7.24. The van der Waals surface area contributed by atoms with Crippen LogP contribution in [0.4, 0.5) is 13.2 Å². The zero-order valence-electron chi connectivity index (χ0n) is 7.24. The van der Waals surface area contributed by atoms with Gasteiger partial charge in [0.1, 0.15) is 0 Å². The molecule has 1 N–H and O–H groups in total. The molecule has 5 heteroatoms. The predicted molar refractivity (Wildman–Crippen MR) is 39.8 cm³/mol. The van der Waals surface area contributed by atoms with Gasteiger partial charge in [-0.25, -0.2) is 0 Å². The van der Waals surface area contributed by atoms with Gasteiger partial charge in [-0.1, -0.05) is 13.3 Å². The Morgan fingerprint density at radius 2 is 2.00 bits per heavy atom. The van der Waals surface area contributed by atoms with E-state index in [2.05, 4.69) is 10.1 Å². The molecule has 74 valence electrons. The highest BCUT2D eigenvalue weighted by Gasteiger charge is 2.39. The van der Waals surface area contributed by atoms with E-state index in [0.29, 0.717) is 6.42 Å². The zero-order chi connectivity index (χ0) is 9.61. The third-order valence-corrected chi connectivity index (χ3v) is 1.34. The lowest BCUT2D eigenvalue weighted by Crippen LogP contribution is -2.42. The first-order valence-electron chi connectivity index (χ1n) is 3.88. The lowest BCUT2D eigenvalue weighted by Gasteiger charge is -2.19. The Labute approximate surface area is 70.1 Å². The fraction of sp³-hybridized carbons (Fsp3) is 1.00. The highest BCUT2D eigenvalue weighted by Crippen LogP contribution is 2.20. The van der Waals surface area contributed by atoms with Crippen molar-refractivity contribution in [2.75, 3.05) is 13.7 Å². The van der Waals surface area contributed by atoms with E-state index in [9.17, 15) is 13.2 Å². The largest absolute Gasteiger partial charge is 0.428 e. The van der Waals surface area contributed by atoms with Crippen molar-refractivity contribution in [1.82, 2.24) is 5.32 Å². The van der Waals surface area contributed by atoms with E-state index in [1.165, 1.54) is 7.05 Å². The number of halogens is 3. The summed E-state index contributed by atoms with van der Waals surface area (Å²) in [4.78, 5) is 0. The molecule has 1 atom stereocenters. The molecule has 1 unspecified atom stereocenters. The third-order valence-electron chi connectivity index (χ3n) is 1.34. The van der Waals surface area contributed by atoms with Gasteiger partial charge in [-0.15, -0.1) is 0 Å². The van der Waals surface area contributed by atoms with E-state index in [4.69, 9.17) is 0 Å². The Balaban J connectivity index is 3.68. The molecule has 0 aliphatic carbocycles. The van der Waals surface area contributed by atoms with Gasteiger partial charge in [-0.3, -0.25) is 5.32 Å². The van der Waals surface area contributed by atoms with Gasteiger partial charge in [0.15, 0.2) is 0 Å². The molecule has 0 saturated carbocycles. The van der Waals surface area contributed by atoms with Crippen LogP contribution in [0.5, 0.6) is 0 Å². The van der Waals surface area contributed by atoms with Gasteiger partial charge in [0, 0.05) is 6.61 Å². The summed E-state index contributed by atoms with van der Waals surface area (Å²) in [7, 11) is 1.23. The molecular formula is C7H14F3NO. The Kier molecular flexibility index (Phi) is 5.24. The Bertz CT molecular complexity index is 116. The minimum Gasteiger partial charge on any atom is -0.354 e. The van der Waals surface area contributed by atoms with Crippen molar-refractivity contribution in [2.24, 2.45) is 0 Å². The summed E-state index contributed by atoms with van der Waals surface area (Å²) in [5, 5.41) is 2.05. The maximum absolute atomic E-state index is 12.0. The molecule has 0 saturated heterocycles. The smallest absolute Gasteiger partial charge is 0.354 e. The van der Waals surface area contributed by atoms with Crippen molar-refractivity contribution in [3.05, 3.63) is 0 Å². The minimum atomic E-state index is -4.32. The maximum Gasteiger partial charge on any atom is 0.428 e.